The maximum atomic E-state index is 5.73. The molecule has 0 bridgehead atoms. The van der Waals surface area contributed by atoms with E-state index in [0.29, 0.717) is 10.8 Å². The highest BCUT2D eigenvalue weighted by molar-refractivity contribution is 6.30. The third-order valence-electron chi connectivity index (χ3n) is 2.19. The Kier molecular flexibility index (Phi) is 2.04. The van der Waals surface area contributed by atoms with Crippen LogP contribution in [0.25, 0.3) is 16.9 Å². The Morgan fingerprint density at radius 2 is 1.88 bits per heavy atom. The number of fused-ring (bicyclic) bond motifs is 1. The van der Waals surface area contributed by atoms with Crippen LogP contribution in [-0.2, 0) is 0 Å². The third kappa shape index (κ3) is 1.42. The number of hydrogen-bond acceptors (Lipinski definition) is 4. The zero-order valence-electron chi connectivity index (χ0n) is 8.08. The number of nitrogens with zero attached hydrogens (tertiary/aromatic N) is 5. The molecule has 0 fully saturated rings. The predicted molar refractivity (Wildman–Crippen MR) is 59.0 cm³/mol. The summed E-state index contributed by atoms with van der Waals surface area (Å²) in [4.78, 5) is 12.3. The summed E-state index contributed by atoms with van der Waals surface area (Å²) in [6.07, 6.45) is 10.00. The van der Waals surface area contributed by atoms with Crippen LogP contribution in [0.5, 0.6) is 0 Å². The van der Waals surface area contributed by atoms with E-state index in [1.807, 2.05) is 0 Å². The lowest BCUT2D eigenvalue weighted by atomic mass is 10.3. The molecule has 6 heteroatoms. The van der Waals surface area contributed by atoms with E-state index in [1.165, 1.54) is 0 Å². The molecule has 0 saturated heterocycles. The number of hydrogen-bond donors (Lipinski definition) is 0. The van der Waals surface area contributed by atoms with Crippen LogP contribution in [0.1, 0.15) is 0 Å². The van der Waals surface area contributed by atoms with Gasteiger partial charge in [0.2, 0.25) is 0 Å². The number of rotatable bonds is 1. The van der Waals surface area contributed by atoms with Gasteiger partial charge in [0, 0.05) is 24.8 Å². The molecule has 0 N–H and O–H groups in total. The van der Waals surface area contributed by atoms with Crippen LogP contribution in [0.4, 0.5) is 0 Å². The standard InChI is InChI=1S/C10H6ClN5/c11-7-3-13-10(14-4-7)8-5-15-16-2-1-12-6-9(8)16/h1-6H. The quantitative estimate of drug-likeness (QED) is 0.641. The van der Waals surface area contributed by atoms with Gasteiger partial charge in [-0.25, -0.2) is 14.5 Å². The minimum absolute atomic E-state index is 0.512. The summed E-state index contributed by atoms with van der Waals surface area (Å²) in [5.74, 6) is 0.590. The fourth-order valence-corrected chi connectivity index (χ4v) is 1.56. The lowest BCUT2D eigenvalue weighted by Gasteiger charge is -1.96. The Morgan fingerprint density at radius 3 is 2.69 bits per heavy atom. The van der Waals surface area contributed by atoms with Crippen molar-refractivity contribution in [3.05, 3.63) is 42.2 Å². The molecule has 3 aromatic rings. The van der Waals surface area contributed by atoms with E-state index in [-0.39, 0.29) is 0 Å². The topological polar surface area (TPSA) is 56.0 Å². The van der Waals surface area contributed by atoms with Crippen LogP contribution in [0.3, 0.4) is 0 Å². The van der Waals surface area contributed by atoms with Gasteiger partial charge in [-0.05, 0) is 0 Å². The van der Waals surface area contributed by atoms with Crippen LogP contribution in [-0.4, -0.2) is 24.6 Å². The van der Waals surface area contributed by atoms with Gasteiger partial charge in [0.05, 0.1) is 28.5 Å². The molecule has 0 spiro atoms. The molecule has 0 aliphatic heterocycles. The summed E-state index contributed by atoms with van der Waals surface area (Å²) in [6.45, 7) is 0. The van der Waals surface area contributed by atoms with Crippen molar-refractivity contribution in [3.63, 3.8) is 0 Å². The maximum Gasteiger partial charge on any atom is 0.163 e. The van der Waals surface area contributed by atoms with Crippen molar-refractivity contribution in [2.24, 2.45) is 0 Å². The first kappa shape index (κ1) is 9.23. The first-order valence-corrected chi connectivity index (χ1v) is 4.97. The largest absolute Gasteiger partial charge is 0.261 e. The third-order valence-corrected chi connectivity index (χ3v) is 2.38. The van der Waals surface area contributed by atoms with Gasteiger partial charge in [-0.2, -0.15) is 5.10 Å². The Labute approximate surface area is 95.8 Å². The molecule has 3 rings (SSSR count). The van der Waals surface area contributed by atoms with Gasteiger partial charge in [-0.1, -0.05) is 11.6 Å². The van der Waals surface area contributed by atoms with Crippen molar-refractivity contribution in [3.8, 4) is 11.4 Å². The van der Waals surface area contributed by atoms with Crippen LogP contribution in [0.15, 0.2) is 37.2 Å². The fourth-order valence-electron chi connectivity index (χ4n) is 1.46. The highest BCUT2D eigenvalue weighted by Crippen LogP contribution is 2.20. The molecule has 0 saturated carbocycles. The van der Waals surface area contributed by atoms with Gasteiger partial charge >= 0.3 is 0 Å². The molecule has 3 aromatic heterocycles. The molecule has 0 amide bonds. The second-order valence-corrected chi connectivity index (χ2v) is 3.63. The van der Waals surface area contributed by atoms with Crippen molar-refractivity contribution in [2.45, 2.75) is 0 Å². The minimum Gasteiger partial charge on any atom is -0.261 e. The van der Waals surface area contributed by atoms with Crippen molar-refractivity contribution < 1.29 is 0 Å². The monoisotopic (exact) mass is 231 g/mol. The van der Waals surface area contributed by atoms with E-state index in [0.717, 1.165) is 11.1 Å². The smallest absolute Gasteiger partial charge is 0.163 e. The summed E-state index contributed by atoms with van der Waals surface area (Å²) in [5, 5.41) is 4.69. The van der Waals surface area contributed by atoms with Gasteiger partial charge in [0.1, 0.15) is 0 Å². The Hall–Kier alpha value is -2.01. The maximum absolute atomic E-state index is 5.73. The van der Waals surface area contributed by atoms with Crippen LogP contribution < -0.4 is 0 Å². The number of aromatic nitrogens is 5. The molecule has 0 radical (unpaired) electrons. The van der Waals surface area contributed by atoms with E-state index in [9.17, 15) is 0 Å². The van der Waals surface area contributed by atoms with Crippen molar-refractivity contribution >= 4 is 17.1 Å². The second kappa shape index (κ2) is 3.53. The lowest BCUT2D eigenvalue weighted by molar-refractivity contribution is 0.946. The predicted octanol–water partition coefficient (Wildman–Crippen LogP) is 1.84. The van der Waals surface area contributed by atoms with Crippen LogP contribution in [0.2, 0.25) is 5.02 Å². The van der Waals surface area contributed by atoms with Crippen molar-refractivity contribution in [1.82, 2.24) is 24.6 Å². The number of halogens is 1. The molecule has 0 unspecified atom stereocenters. The molecule has 0 atom stereocenters. The molecular formula is C10H6ClN5. The van der Waals surface area contributed by atoms with E-state index in [1.54, 1.807) is 41.7 Å². The highest BCUT2D eigenvalue weighted by Gasteiger charge is 2.08. The molecular weight excluding hydrogens is 226 g/mol. The summed E-state index contributed by atoms with van der Waals surface area (Å²) in [7, 11) is 0. The van der Waals surface area contributed by atoms with Gasteiger partial charge in [0.25, 0.3) is 0 Å². The fraction of sp³-hybridized carbons (Fsp3) is 0. The van der Waals surface area contributed by atoms with E-state index in [4.69, 9.17) is 11.6 Å². The van der Waals surface area contributed by atoms with Gasteiger partial charge < -0.3 is 0 Å². The van der Waals surface area contributed by atoms with Gasteiger partial charge in [-0.3, -0.25) is 4.98 Å². The summed E-state index contributed by atoms with van der Waals surface area (Å²) >= 11 is 5.73. The van der Waals surface area contributed by atoms with Crippen LogP contribution >= 0.6 is 11.6 Å². The normalized spacial score (nSPS) is 10.8. The second-order valence-electron chi connectivity index (χ2n) is 3.19. The average Bonchev–Trinajstić information content (AvgIpc) is 2.74. The van der Waals surface area contributed by atoms with Gasteiger partial charge in [0.15, 0.2) is 5.82 Å². The first-order valence-electron chi connectivity index (χ1n) is 4.60. The molecule has 3 heterocycles. The average molecular weight is 232 g/mol. The molecule has 0 aromatic carbocycles. The molecule has 0 aliphatic carbocycles. The minimum atomic E-state index is 0.512. The SMILES string of the molecule is Clc1cnc(-c2cnn3ccncc23)nc1. The van der Waals surface area contributed by atoms with E-state index >= 15 is 0 Å². The first-order chi connectivity index (χ1) is 7.84. The summed E-state index contributed by atoms with van der Waals surface area (Å²) in [5.41, 5.74) is 1.70. The highest BCUT2D eigenvalue weighted by atomic mass is 35.5. The molecule has 0 aliphatic rings. The van der Waals surface area contributed by atoms with Crippen molar-refractivity contribution in [1.29, 1.82) is 0 Å². The Bertz CT molecular complexity index is 631. The summed E-state index contributed by atoms with van der Waals surface area (Å²) < 4.78 is 1.72. The van der Waals surface area contributed by atoms with Crippen molar-refractivity contribution in [2.75, 3.05) is 0 Å². The zero-order chi connectivity index (χ0) is 11.0. The summed E-state index contributed by atoms with van der Waals surface area (Å²) in [6, 6.07) is 0. The molecule has 16 heavy (non-hydrogen) atoms. The van der Waals surface area contributed by atoms with Gasteiger partial charge in [-0.15, -0.1) is 0 Å². The Balaban J connectivity index is 2.22. The molecule has 78 valence electrons. The Morgan fingerprint density at radius 1 is 1.06 bits per heavy atom. The van der Waals surface area contributed by atoms with E-state index < -0.39 is 0 Å². The zero-order valence-corrected chi connectivity index (χ0v) is 8.83. The van der Waals surface area contributed by atoms with E-state index in [2.05, 4.69) is 20.1 Å². The molecule has 5 nitrogen and oxygen atoms in total. The lowest BCUT2D eigenvalue weighted by Crippen LogP contribution is -1.89. The van der Waals surface area contributed by atoms with Crippen LogP contribution in [0, 0.1) is 0 Å².